The number of thioether (sulfide) groups is 1. The molecule has 94 valence electrons. The number of rotatable bonds is 3. The van der Waals surface area contributed by atoms with Gasteiger partial charge in [0, 0.05) is 5.92 Å². The van der Waals surface area contributed by atoms with E-state index < -0.39 is 0 Å². The SMILES string of the molecule is CC(c1nc(C2CCCCS2)no1)C1CNC1. The molecule has 2 atom stereocenters. The third kappa shape index (κ3) is 2.36. The van der Waals surface area contributed by atoms with Crippen molar-refractivity contribution in [2.45, 2.75) is 37.4 Å². The van der Waals surface area contributed by atoms with Crippen molar-refractivity contribution in [3.63, 3.8) is 0 Å². The highest BCUT2D eigenvalue weighted by Crippen LogP contribution is 2.37. The summed E-state index contributed by atoms with van der Waals surface area (Å²) in [4.78, 5) is 4.61. The van der Waals surface area contributed by atoms with Crippen molar-refractivity contribution in [2.24, 2.45) is 5.92 Å². The summed E-state index contributed by atoms with van der Waals surface area (Å²) in [6.07, 6.45) is 3.82. The van der Waals surface area contributed by atoms with Crippen molar-refractivity contribution < 1.29 is 4.52 Å². The van der Waals surface area contributed by atoms with E-state index in [9.17, 15) is 0 Å². The standard InChI is InChI=1S/C12H19N3OS/c1-8(9-6-13-7-9)12-14-11(15-16-12)10-4-2-3-5-17-10/h8-10,13H,2-7H2,1H3. The Morgan fingerprint density at radius 1 is 1.41 bits per heavy atom. The van der Waals surface area contributed by atoms with Gasteiger partial charge in [0.1, 0.15) is 0 Å². The molecule has 0 amide bonds. The fourth-order valence-corrected chi connectivity index (χ4v) is 3.61. The predicted molar refractivity (Wildman–Crippen MR) is 68.1 cm³/mol. The van der Waals surface area contributed by atoms with E-state index in [-0.39, 0.29) is 0 Å². The third-order valence-electron chi connectivity index (χ3n) is 3.83. The lowest BCUT2D eigenvalue weighted by Crippen LogP contribution is -2.44. The Bertz CT molecular complexity index is 355. The molecule has 17 heavy (non-hydrogen) atoms. The molecule has 0 spiro atoms. The molecule has 2 aliphatic rings. The fraction of sp³-hybridized carbons (Fsp3) is 0.833. The molecule has 3 rings (SSSR count). The Hall–Kier alpha value is -0.550. The summed E-state index contributed by atoms with van der Waals surface area (Å²) < 4.78 is 5.43. The van der Waals surface area contributed by atoms with E-state index in [1.807, 2.05) is 11.8 Å². The summed E-state index contributed by atoms with van der Waals surface area (Å²) in [6.45, 7) is 4.35. The van der Waals surface area contributed by atoms with Crippen LogP contribution in [0, 0.1) is 5.92 Å². The number of nitrogens with one attached hydrogen (secondary N) is 1. The quantitative estimate of drug-likeness (QED) is 0.896. The molecule has 0 radical (unpaired) electrons. The van der Waals surface area contributed by atoms with Crippen molar-refractivity contribution in [1.29, 1.82) is 0 Å². The maximum atomic E-state index is 5.43. The van der Waals surface area contributed by atoms with Gasteiger partial charge in [0.25, 0.3) is 0 Å². The van der Waals surface area contributed by atoms with Crippen LogP contribution in [0.4, 0.5) is 0 Å². The largest absolute Gasteiger partial charge is 0.339 e. The van der Waals surface area contributed by atoms with Crippen LogP contribution in [0.25, 0.3) is 0 Å². The van der Waals surface area contributed by atoms with E-state index in [1.165, 1.54) is 25.0 Å². The molecular weight excluding hydrogens is 234 g/mol. The molecule has 2 fully saturated rings. The molecule has 1 aromatic rings. The summed E-state index contributed by atoms with van der Waals surface area (Å²) in [5.41, 5.74) is 0. The molecular formula is C12H19N3OS. The Balaban J connectivity index is 1.68. The minimum Gasteiger partial charge on any atom is -0.339 e. The predicted octanol–water partition coefficient (Wildman–Crippen LogP) is 2.35. The van der Waals surface area contributed by atoms with Gasteiger partial charge in [-0.3, -0.25) is 0 Å². The lowest BCUT2D eigenvalue weighted by molar-refractivity contribution is 0.252. The van der Waals surface area contributed by atoms with Crippen molar-refractivity contribution in [3.05, 3.63) is 11.7 Å². The molecule has 1 aromatic heterocycles. The van der Waals surface area contributed by atoms with Crippen LogP contribution in [0.15, 0.2) is 4.52 Å². The molecule has 0 aromatic carbocycles. The number of hydrogen-bond acceptors (Lipinski definition) is 5. The molecule has 3 heterocycles. The summed E-state index contributed by atoms with van der Waals surface area (Å²) in [5, 5.41) is 7.93. The zero-order chi connectivity index (χ0) is 11.7. The van der Waals surface area contributed by atoms with Crippen LogP contribution in [-0.4, -0.2) is 29.0 Å². The van der Waals surface area contributed by atoms with Gasteiger partial charge in [-0.05, 0) is 37.6 Å². The number of aromatic nitrogens is 2. The van der Waals surface area contributed by atoms with Crippen LogP contribution >= 0.6 is 11.8 Å². The Labute approximate surface area is 106 Å². The minimum absolute atomic E-state index is 0.395. The molecule has 0 bridgehead atoms. The van der Waals surface area contributed by atoms with Crippen molar-refractivity contribution >= 4 is 11.8 Å². The smallest absolute Gasteiger partial charge is 0.229 e. The van der Waals surface area contributed by atoms with Gasteiger partial charge >= 0.3 is 0 Å². The van der Waals surface area contributed by atoms with Crippen LogP contribution in [0.5, 0.6) is 0 Å². The van der Waals surface area contributed by atoms with Gasteiger partial charge in [-0.15, -0.1) is 0 Å². The average Bonchev–Trinajstić information content (AvgIpc) is 2.77. The first-order valence-corrected chi connectivity index (χ1v) is 7.55. The highest BCUT2D eigenvalue weighted by Gasteiger charge is 2.30. The molecule has 0 saturated carbocycles. The van der Waals surface area contributed by atoms with Gasteiger partial charge < -0.3 is 9.84 Å². The van der Waals surface area contributed by atoms with E-state index in [2.05, 4.69) is 22.4 Å². The van der Waals surface area contributed by atoms with E-state index >= 15 is 0 Å². The van der Waals surface area contributed by atoms with Gasteiger partial charge in [0.2, 0.25) is 5.89 Å². The maximum absolute atomic E-state index is 5.43. The Morgan fingerprint density at radius 3 is 2.94 bits per heavy atom. The highest BCUT2D eigenvalue weighted by molar-refractivity contribution is 7.99. The zero-order valence-electron chi connectivity index (χ0n) is 10.2. The van der Waals surface area contributed by atoms with Crippen LogP contribution in [-0.2, 0) is 0 Å². The topological polar surface area (TPSA) is 51.0 Å². The van der Waals surface area contributed by atoms with Crippen LogP contribution in [0.2, 0.25) is 0 Å². The highest BCUT2D eigenvalue weighted by atomic mass is 32.2. The first kappa shape index (κ1) is 11.5. The summed E-state index contributed by atoms with van der Waals surface area (Å²) in [6, 6.07) is 0. The normalized spacial score (nSPS) is 27.7. The van der Waals surface area contributed by atoms with Gasteiger partial charge in [-0.1, -0.05) is 18.5 Å². The van der Waals surface area contributed by atoms with Crippen molar-refractivity contribution in [2.75, 3.05) is 18.8 Å². The third-order valence-corrected chi connectivity index (χ3v) is 5.21. The monoisotopic (exact) mass is 253 g/mol. The molecule has 1 N–H and O–H groups in total. The second kappa shape index (κ2) is 4.98. The van der Waals surface area contributed by atoms with Gasteiger partial charge in [0.05, 0.1) is 5.25 Å². The second-order valence-electron chi connectivity index (χ2n) is 5.05. The first-order valence-electron chi connectivity index (χ1n) is 6.50. The Kier molecular flexibility index (Phi) is 3.38. The van der Waals surface area contributed by atoms with Crippen LogP contribution in [0.1, 0.15) is 49.1 Å². The van der Waals surface area contributed by atoms with E-state index in [0.29, 0.717) is 17.1 Å². The summed E-state index contributed by atoms with van der Waals surface area (Å²) in [5.74, 6) is 4.05. The summed E-state index contributed by atoms with van der Waals surface area (Å²) >= 11 is 1.97. The average molecular weight is 253 g/mol. The maximum Gasteiger partial charge on any atom is 0.229 e. The lowest BCUT2D eigenvalue weighted by atomic mass is 9.89. The second-order valence-corrected chi connectivity index (χ2v) is 6.36. The van der Waals surface area contributed by atoms with E-state index in [1.54, 1.807) is 0 Å². The van der Waals surface area contributed by atoms with Gasteiger partial charge in [-0.2, -0.15) is 16.7 Å². The van der Waals surface area contributed by atoms with Gasteiger partial charge in [-0.25, -0.2) is 0 Å². The summed E-state index contributed by atoms with van der Waals surface area (Å²) in [7, 11) is 0. The first-order chi connectivity index (χ1) is 8.34. The minimum atomic E-state index is 0.395. The van der Waals surface area contributed by atoms with E-state index in [0.717, 1.165) is 24.8 Å². The number of hydrogen-bond donors (Lipinski definition) is 1. The van der Waals surface area contributed by atoms with Crippen molar-refractivity contribution in [3.8, 4) is 0 Å². The zero-order valence-corrected chi connectivity index (χ0v) is 11.0. The van der Waals surface area contributed by atoms with Crippen LogP contribution in [0.3, 0.4) is 0 Å². The molecule has 2 aliphatic heterocycles. The van der Waals surface area contributed by atoms with E-state index in [4.69, 9.17) is 4.52 Å². The molecule has 0 aliphatic carbocycles. The molecule has 2 saturated heterocycles. The molecule has 5 heteroatoms. The van der Waals surface area contributed by atoms with Crippen molar-refractivity contribution in [1.82, 2.24) is 15.5 Å². The Morgan fingerprint density at radius 2 is 2.29 bits per heavy atom. The van der Waals surface area contributed by atoms with Gasteiger partial charge in [0.15, 0.2) is 5.82 Å². The van der Waals surface area contributed by atoms with Crippen LogP contribution < -0.4 is 5.32 Å². The number of nitrogens with zero attached hydrogens (tertiary/aromatic N) is 2. The lowest BCUT2D eigenvalue weighted by Gasteiger charge is -2.30. The molecule has 4 nitrogen and oxygen atoms in total. The fourth-order valence-electron chi connectivity index (χ4n) is 2.37. The molecule has 2 unspecified atom stereocenters.